The molecule has 1 aliphatic carbocycles. The molecule has 2 aliphatic rings. The molecule has 0 saturated heterocycles. The second-order valence-electron chi connectivity index (χ2n) is 6.55. The van der Waals surface area contributed by atoms with E-state index in [-0.39, 0.29) is 5.78 Å². The minimum atomic E-state index is -0.452. The monoisotopic (exact) mass is 493 g/mol. The van der Waals surface area contributed by atoms with Crippen molar-refractivity contribution in [1.82, 2.24) is 0 Å². The van der Waals surface area contributed by atoms with Crippen LogP contribution in [0.5, 0.6) is 0 Å². The molecule has 8 heteroatoms. The van der Waals surface area contributed by atoms with Gasteiger partial charge in [0.1, 0.15) is 5.82 Å². The average Bonchev–Trinajstić information content (AvgIpc) is 3.08. The van der Waals surface area contributed by atoms with Crippen molar-refractivity contribution in [3.8, 4) is 6.07 Å². The van der Waals surface area contributed by atoms with E-state index in [1.807, 2.05) is 12.1 Å². The quantitative estimate of drug-likeness (QED) is 0.545. The van der Waals surface area contributed by atoms with E-state index >= 15 is 0 Å². The predicted octanol–water partition coefficient (Wildman–Crippen LogP) is 6.12. The molecule has 1 aromatic carbocycles. The van der Waals surface area contributed by atoms with Crippen molar-refractivity contribution in [2.75, 3.05) is 4.90 Å². The summed E-state index contributed by atoms with van der Waals surface area (Å²) in [6.07, 6.45) is 1.88. The predicted molar refractivity (Wildman–Crippen MR) is 116 cm³/mol. The standard InChI is InChI=1S/C20H14BrCl2N3OS/c21-17-7-6-16(28-17)18-11(9-24)20(25)26(13-5-4-10(22)8-12(13)23)14-2-1-3-15(27)19(14)18/h4-8,18H,1-3,25H2/t18-/m0/s1. The van der Waals surface area contributed by atoms with Gasteiger partial charge < -0.3 is 5.73 Å². The zero-order valence-electron chi connectivity index (χ0n) is 14.5. The van der Waals surface area contributed by atoms with Crippen molar-refractivity contribution >= 4 is 61.9 Å². The Hall–Kier alpha value is -1.78. The third kappa shape index (κ3) is 3.17. The maximum absolute atomic E-state index is 13.0. The van der Waals surface area contributed by atoms with Crippen molar-refractivity contribution in [3.63, 3.8) is 0 Å². The maximum atomic E-state index is 13.0. The summed E-state index contributed by atoms with van der Waals surface area (Å²) in [7, 11) is 0. The van der Waals surface area contributed by atoms with E-state index in [9.17, 15) is 10.1 Å². The molecule has 0 bridgehead atoms. The first-order valence-electron chi connectivity index (χ1n) is 8.58. The molecule has 2 heterocycles. The molecule has 0 unspecified atom stereocenters. The van der Waals surface area contributed by atoms with Gasteiger partial charge in [0.05, 0.1) is 32.1 Å². The Balaban J connectivity index is 1.98. The molecule has 1 aromatic heterocycles. The van der Waals surface area contributed by atoms with Crippen LogP contribution in [-0.4, -0.2) is 5.78 Å². The summed E-state index contributed by atoms with van der Waals surface area (Å²) in [6, 6.07) is 11.2. The van der Waals surface area contributed by atoms with Gasteiger partial charge in [0.25, 0.3) is 0 Å². The smallest absolute Gasteiger partial charge is 0.161 e. The van der Waals surface area contributed by atoms with E-state index in [4.69, 9.17) is 28.9 Å². The van der Waals surface area contributed by atoms with Gasteiger partial charge in [0.15, 0.2) is 5.78 Å². The van der Waals surface area contributed by atoms with Gasteiger partial charge >= 0.3 is 0 Å². The third-order valence-corrected chi connectivity index (χ3v) is 7.17. The number of ketones is 1. The lowest BCUT2D eigenvalue weighted by atomic mass is 9.78. The number of thiophene rings is 1. The summed E-state index contributed by atoms with van der Waals surface area (Å²) in [6.45, 7) is 0. The Bertz CT molecular complexity index is 1100. The number of Topliss-reactive ketones (excluding diaryl/α,β-unsaturated/α-hetero) is 1. The zero-order valence-corrected chi connectivity index (χ0v) is 18.4. The summed E-state index contributed by atoms with van der Waals surface area (Å²) in [5, 5.41) is 10.9. The number of hydrogen-bond acceptors (Lipinski definition) is 5. The first-order valence-corrected chi connectivity index (χ1v) is 10.9. The first-order chi connectivity index (χ1) is 13.4. The highest BCUT2D eigenvalue weighted by molar-refractivity contribution is 9.11. The number of nitrogens with zero attached hydrogens (tertiary/aromatic N) is 2. The van der Waals surface area contributed by atoms with Crippen molar-refractivity contribution in [1.29, 1.82) is 5.26 Å². The molecule has 0 amide bonds. The van der Waals surface area contributed by atoms with Crippen molar-refractivity contribution in [2.24, 2.45) is 5.73 Å². The van der Waals surface area contributed by atoms with E-state index in [1.165, 1.54) is 11.3 Å². The molecule has 0 fully saturated rings. The largest absolute Gasteiger partial charge is 0.384 e. The van der Waals surface area contributed by atoms with E-state index in [0.29, 0.717) is 45.5 Å². The summed E-state index contributed by atoms with van der Waals surface area (Å²) >= 11 is 17.5. The van der Waals surface area contributed by atoms with Gasteiger partial charge in [-0.2, -0.15) is 5.26 Å². The lowest BCUT2D eigenvalue weighted by Crippen LogP contribution is -2.38. The SMILES string of the molecule is N#CC1=C(N)N(c2ccc(Cl)cc2Cl)C2=C(C(=O)CCC2)[C@@H]1c1ccc(Br)s1. The van der Waals surface area contributed by atoms with Gasteiger partial charge in [0.2, 0.25) is 0 Å². The van der Waals surface area contributed by atoms with Crippen LogP contribution < -0.4 is 10.6 Å². The summed E-state index contributed by atoms with van der Waals surface area (Å²) < 4.78 is 0.937. The van der Waals surface area contributed by atoms with E-state index in [0.717, 1.165) is 20.8 Å². The molecule has 0 spiro atoms. The molecule has 4 nitrogen and oxygen atoms in total. The van der Waals surface area contributed by atoms with Crippen LogP contribution in [0.4, 0.5) is 5.69 Å². The molecule has 2 N–H and O–H groups in total. The van der Waals surface area contributed by atoms with Gasteiger partial charge in [-0.05, 0) is 59.1 Å². The van der Waals surface area contributed by atoms with Crippen LogP contribution in [0.25, 0.3) is 0 Å². The highest BCUT2D eigenvalue weighted by Crippen LogP contribution is 2.49. The second kappa shape index (κ2) is 7.57. The normalized spacial score (nSPS) is 19.7. The number of benzene rings is 1. The Kier molecular flexibility index (Phi) is 5.28. The van der Waals surface area contributed by atoms with Crippen LogP contribution in [0.3, 0.4) is 0 Å². The van der Waals surface area contributed by atoms with Gasteiger partial charge in [-0.25, -0.2) is 0 Å². The molecule has 142 valence electrons. The molecule has 2 aromatic rings. The van der Waals surface area contributed by atoms with Crippen LogP contribution in [0, 0.1) is 11.3 Å². The van der Waals surface area contributed by atoms with Crippen molar-refractivity contribution < 1.29 is 4.79 Å². The van der Waals surface area contributed by atoms with Crippen molar-refractivity contribution in [2.45, 2.75) is 25.2 Å². The van der Waals surface area contributed by atoms with Crippen LogP contribution in [0.15, 0.2) is 56.8 Å². The molecule has 0 saturated carbocycles. The minimum Gasteiger partial charge on any atom is -0.384 e. The van der Waals surface area contributed by atoms with Crippen LogP contribution >= 0.6 is 50.5 Å². The van der Waals surface area contributed by atoms with Crippen molar-refractivity contribution in [3.05, 3.63) is 71.7 Å². The molecule has 4 rings (SSSR count). The van der Waals surface area contributed by atoms with Crippen LogP contribution in [0.1, 0.15) is 30.1 Å². The number of hydrogen-bond donors (Lipinski definition) is 1. The molecule has 0 radical (unpaired) electrons. The van der Waals surface area contributed by atoms with E-state index in [2.05, 4.69) is 22.0 Å². The van der Waals surface area contributed by atoms with E-state index < -0.39 is 5.92 Å². The maximum Gasteiger partial charge on any atom is 0.161 e. The summed E-state index contributed by atoms with van der Waals surface area (Å²) in [5.41, 5.74) is 8.92. The number of rotatable bonds is 2. The molecular weight excluding hydrogens is 481 g/mol. The summed E-state index contributed by atoms with van der Waals surface area (Å²) in [5.74, 6) is -0.104. The van der Waals surface area contributed by atoms with E-state index in [1.54, 1.807) is 23.1 Å². The molecule has 1 atom stereocenters. The van der Waals surface area contributed by atoms with Crippen LogP contribution in [0.2, 0.25) is 10.0 Å². The highest BCUT2D eigenvalue weighted by Gasteiger charge is 2.41. The molecular formula is C20H14BrCl2N3OS. The van der Waals surface area contributed by atoms with Gasteiger partial charge in [0, 0.05) is 27.6 Å². The average molecular weight is 495 g/mol. The number of nitrogens with two attached hydrogens (primary N) is 1. The minimum absolute atomic E-state index is 0.0473. The topological polar surface area (TPSA) is 70.1 Å². The number of carbonyl (C=O) groups is 1. The Morgan fingerprint density at radius 2 is 2.04 bits per heavy atom. The fourth-order valence-corrected chi connectivity index (χ4v) is 5.83. The van der Waals surface area contributed by atoms with Gasteiger partial charge in [-0.3, -0.25) is 9.69 Å². The Labute approximate surface area is 185 Å². The molecule has 1 aliphatic heterocycles. The number of anilines is 1. The summed E-state index contributed by atoms with van der Waals surface area (Å²) in [4.78, 5) is 15.7. The Morgan fingerprint density at radius 1 is 1.25 bits per heavy atom. The zero-order chi connectivity index (χ0) is 20.0. The van der Waals surface area contributed by atoms with Gasteiger partial charge in [-0.1, -0.05) is 23.2 Å². The third-order valence-electron chi connectivity index (χ3n) is 4.94. The van der Waals surface area contributed by atoms with Crippen LogP contribution in [-0.2, 0) is 4.79 Å². The number of halogens is 3. The first kappa shape index (κ1) is 19.5. The molecule has 28 heavy (non-hydrogen) atoms. The highest BCUT2D eigenvalue weighted by atomic mass is 79.9. The van der Waals surface area contributed by atoms with Gasteiger partial charge in [-0.15, -0.1) is 11.3 Å². The lowest BCUT2D eigenvalue weighted by molar-refractivity contribution is -0.116. The Morgan fingerprint density at radius 3 is 2.68 bits per heavy atom. The lowest BCUT2D eigenvalue weighted by Gasteiger charge is -2.39. The fraction of sp³-hybridized carbons (Fsp3) is 0.200. The number of nitriles is 1. The second-order valence-corrected chi connectivity index (χ2v) is 9.89. The number of carbonyl (C=O) groups excluding carboxylic acids is 1. The number of allylic oxidation sites excluding steroid dienone is 3. The fourth-order valence-electron chi connectivity index (χ4n) is 3.79.